The minimum atomic E-state index is -0.570. The number of ether oxygens (including phenoxy) is 1. The summed E-state index contributed by atoms with van der Waals surface area (Å²) in [4.78, 5) is 0. The molecule has 0 heterocycles. The van der Waals surface area contributed by atoms with E-state index in [1.54, 1.807) is 7.11 Å². The Labute approximate surface area is 88.3 Å². The average Bonchev–Trinajstić information content (AvgIpc) is 2.17. The number of hydrogen-bond acceptors (Lipinski definition) is 2. The Balaban J connectivity index is 2.50. The van der Waals surface area contributed by atoms with Gasteiger partial charge in [0.2, 0.25) is 0 Å². The predicted octanol–water partition coefficient (Wildman–Crippen LogP) is 2.66. The Morgan fingerprint density at radius 1 is 1.40 bits per heavy atom. The second-order valence-corrected chi connectivity index (χ2v) is 3.57. The van der Waals surface area contributed by atoms with E-state index < -0.39 is 11.6 Å². The Morgan fingerprint density at radius 3 is 2.73 bits per heavy atom. The van der Waals surface area contributed by atoms with Crippen molar-refractivity contribution in [3.8, 4) is 0 Å². The summed E-state index contributed by atoms with van der Waals surface area (Å²) in [7, 11) is 1.62. The molecule has 0 bridgehead atoms. The van der Waals surface area contributed by atoms with Gasteiger partial charge in [-0.05, 0) is 18.1 Å². The number of halogens is 2. The van der Waals surface area contributed by atoms with Crippen LogP contribution in [-0.2, 0) is 4.74 Å². The number of nitrogens with one attached hydrogen (secondary N) is 1. The lowest BCUT2D eigenvalue weighted by atomic mass is 10.2. The van der Waals surface area contributed by atoms with E-state index in [9.17, 15) is 8.78 Å². The van der Waals surface area contributed by atoms with Crippen molar-refractivity contribution in [1.29, 1.82) is 0 Å². The van der Waals surface area contributed by atoms with Gasteiger partial charge in [0.25, 0.3) is 0 Å². The van der Waals surface area contributed by atoms with Crippen LogP contribution in [0.4, 0.5) is 14.5 Å². The van der Waals surface area contributed by atoms with Gasteiger partial charge in [-0.25, -0.2) is 8.78 Å². The lowest BCUT2D eigenvalue weighted by Crippen LogP contribution is -2.16. The zero-order valence-corrected chi connectivity index (χ0v) is 8.89. The van der Waals surface area contributed by atoms with E-state index in [1.807, 2.05) is 6.92 Å². The quantitative estimate of drug-likeness (QED) is 0.815. The second-order valence-electron chi connectivity index (χ2n) is 3.57. The van der Waals surface area contributed by atoms with Gasteiger partial charge in [-0.1, -0.05) is 6.92 Å². The molecular weight excluding hydrogens is 200 g/mol. The summed E-state index contributed by atoms with van der Waals surface area (Å²) in [6.45, 7) is 3.18. The summed E-state index contributed by atoms with van der Waals surface area (Å²) in [5.74, 6) is -0.859. The zero-order valence-electron chi connectivity index (χ0n) is 8.89. The lowest BCUT2D eigenvalue weighted by Gasteiger charge is -2.12. The van der Waals surface area contributed by atoms with Crippen molar-refractivity contribution in [2.24, 2.45) is 5.92 Å². The fourth-order valence-electron chi connectivity index (χ4n) is 1.26. The molecule has 1 aromatic rings. The Bertz CT molecular complexity index is 317. The number of hydrogen-bond donors (Lipinski definition) is 1. The Kier molecular flexibility index (Phi) is 4.49. The van der Waals surface area contributed by atoms with Crippen molar-refractivity contribution in [1.82, 2.24) is 0 Å². The highest BCUT2D eigenvalue weighted by molar-refractivity contribution is 5.44. The minimum Gasteiger partial charge on any atom is -0.384 e. The summed E-state index contributed by atoms with van der Waals surface area (Å²) in [6, 6.07) is 3.49. The molecule has 0 spiro atoms. The first kappa shape index (κ1) is 11.9. The molecule has 0 aliphatic heterocycles. The van der Waals surface area contributed by atoms with E-state index >= 15 is 0 Å². The van der Waals surface area contributed by atoms with Gasteiger partial charge in [0.15, 0.2) is 0 Å². The maximum atomic E-state index is 13.2. The molecule has 1 atom stereocenters. The topological polar surface area (TPSA) is 21.3 Å². The van der Waals surface area contributed by atoms with Crippen molar-refractivity contribution >= 4 is 5.69 Å². The second kappa shape index (κ2) is 5.66. The van der Waals surface area contributed by atoms with Gasteiger partial charge < -0.3 is 10.1 Å². The first-order chi connectivity index (χ1) is 7.13. The van der Waals surface area contributed by atoms with Crippen LogP contribution in [0.3, 0.4) is 0 Å². The maximum absolute atomic E-state index is 13.2. The van der Waals surface area contributed by atoms with E-state index in [-0.39, 0.29) is 5.92 Å². The summed E-state index contributed by atoms with van der Waals surface area (Å²) in [6.07, 6.45) is 0. The number of methoxy groups -OCH3 is 1. The molecule has 1 N–H and O–H groups in total. The summed E-state index contributed by atoms with van der Waals surface area (Å²) in [5, 5.41) is 2.90. The van der Waals surface area contributed by atoms with Crippen LogP contribution in [0.1, 0.15) is 6.92 Å². The molecule has 1 aromatic carbocycles. The Hall–Kier alpha value is -1.16. The summed E-state index contributed by atoms with van der Waals surface area (Å²) in [5.41, 5.74) is 0.319. The molecule has 0 fully saturated rings. The van der Waals surface area contributed by atoms with Crippen LogP contribution in [0.15, 0.2) is 18.2 Å². The van der Waals surface area contributed by atoms with Gasteiger partial charge in [-0.2, -0.15) is 0 Å². The first-order valence-electron chi connectivity index (χ1n) is 4.81. The molecule has 1 unspecified atom stereocenters. The van der Waals surface area contributed by atoms with E-state index in [0.29, 0.717) is 18.8 Å². The van der Waals surface area contributed by atoms with Crippen LogP contribution in [0.5, 0.6) is 0 Å². The van der Waals surface area contributed by atoms with Crippen LogP contribution in [0.25, 0.3) is 0 Å². The van der Waals surface area contributed by atoms with Gasteiger partial charge in [-0.3, -0.25) is 0 Å². The molecule has 84 valence electrons. The molecule has 1 rings (SSSR count). The van der Waals surface area contributed by atoms with Crippen LogP contribution in [0.2, 0.25) is 0 Å². The van der Waals surface area contributed by atoms with Crippen molar-refractivity contribution in [2.45, 2.75) is 6.92 Å². The predicted molar refractivity (Wildman–Crippen MR) is 55.9 cm³/mol. The highest BCUT2D eigenvalue weighted by Gasteiger charge is 2.05. The lowest BCUT2D eigenvalue weighted by molar-refractivity contribution is 0.164. The molecule has 0 aromatic heterocycles. The van der Waals surface area contributed by atoms with E-state index in [0.717, 1.165) is 6.07 Å². The van der Waals surface area contributed by atoms with Gasteiger partial charge in [0.05, 0.1) is 12.3 Å². The SMILES string of the molecule is COCC(C)CNc1ccc(F)cc1F. The van der Waals surface area contributed by atoms with Crippen molar-refractivity contribution in [3.05, 3.63) is 29.8 Å². The van der Waals surface area contributed by atoms with Crippen LogP contribution >= 0.6 is 0 Å². The zero-order chi connectivity index (χ0) is 11.3. The third kappa shape index (κ3) is 3.83. The van der Waals surface area contributed by atoms with Crippen molar-refractivity contribution in [2.75, 3.05) is 25.6 Å². The largest absolute Gasteiger partial charge is 0.384 e. The van der Waals surface area contributed by atoms with E-state index in [4.69, 9.17) is 4.74 Å². The third-order valence-corrected chi connectivity index (χ3v) is 2.02. The molecule has 4 heteroatoms. The normalized spacial score (nSPS) is 12.5. The maximum Gasteiger partial charge on any atom is 0.149 e. The van der Waals surface area contributed by atoms with Gasteiger partial charge >= 0.3 is 0 Å². The Morgan fingerprint density at radius 2 is 2.13 bits per heavy atom. The van der Waals surface area contributed by atoms with E-state index in [1.165, 1.54) is 12.1 Å². The number of benzene rings is 1. The fourth-order valence-corrected chi connectivity index (χ4v) is 1.26. The molecule has 2 nitrogen and oxygen atoms in total. The molecule has 0 radical (unpaired) electrons. The van der Waals surface area contributed by atoms with Gasteiger partial charge in [0, 0.05) is 19.7 Å². The monoisotopic (exact) mass is 215 g/mol. The standard InChI is InChI=1S/C11H15F2NO/c1-8(7-15-2)6-14-11-4-3-9(12)5-10(11)13/h3-5,8,14H,6-7H2,1-2H3. The fraction of sp³-hybridized carbons (Fsp3) is 0.455. The average molecular weight is 215 g/mol. The highest BCUT2D eigenvalue weighted by atomic mass is 19.1. The molecule has 0 saturated heterocycles. The molecule has 0 aliphatic carbocycles. The number of anilines is 1. The van der Waals surface area contributed by atoms with E-state index in [2.05, 4.69) is 5.32 Å². The first-order valence-corrected chi connectivity index (χ1v) is 4.81. The minimum absolute atomic E-state index is 0.277. The summed E-state index contributed by atoms with van der Waals surface area (Å²) < 4.78 is 30.7. The van der Waals surface area contributed by atoms with Gasteiger partial charge in [-0.15, -0.1) is 0 Å². The summed E-state index contributed by atoms with van der Waals surface area (Å²) >= 11 is 0. The number of rotatable bonds is 5. The van der Waals surface area contributed by atoms with Crippen LogP contribution in [0, 0.1) is 17.6 Å². The smallest absolute Gasteiger partial charge is 0.149 e. The molecule has 0 saturated carbocycles. The highest BCUT2D eigenvalue weighted by Crippen LogP contribution is 2.15. The van der Waals surface area contributed by atoms with Crippen molar-refractivity contribution < 1.29 is 13.5 Å². The molecule has 0 aliphatic rings. The van der Waals surface area contributed by atoms with Crippen LogP contribution in [-0.4, -0.2) is 20.3 Å². The van der Waals surface area contributed by atoms with Crippen molar-refractivity contribution in [3.63, 3.8) is 0 Å². The third-order valence-electron chi connectivity index (χ3n) is 2.02. The van der Waals surface area contributed by atoms with Gasteiger partial charge in [0.1, 0.15) is 11.6 Å². The molecule has 15 heavy (non-hydrogen) atoms. The molecular formula is C11H15F2NO. The molecule has 0 amide bonds. The van der Waals surface area contributed by atoms with Crippen LogP contribution < -0.4 is 5.32 Å².